The van der Waals surface area contributed by atoms with E-state index >= 15 is 0 Å². The molecule has 29 heavy (non-hydrogen) atoms. The number of likely N-dealkylation sites (tertiary alicyclic amines) is 1. The maximum absolute atomic E-state index is 12.1. The van der Waals surface area contributed by atoms with Crippen molar-refractivity contribution >= 4 is 17.8 Å². The van der Waals surface area contributed by atoms with E-state index in [0.29, 0.717) is 25.1 Å². The maximum atomic E-state index is 12.1. The molecule has 1 heterocycles. The van der Waals surface area contributed by atoms with Gasteiger partial charge < -0.3 is 15.0 Å². The molecule has 0 aliphatic carbocycles. The average molecular weight is 394 g/mol. The molecule has 6 heteroatoms. The topological polar surface area (TPSA) is 75.7 Å². The zero-order valence-corrected chi connectivity index (χ0v) is 16.6. The zero-order valence-electron chi connectivity index (χ0n) is 16.6. The molecule has 2 amide bonds. The third kappa shape index (κ3) is 5.91. The minimum absolute atomic E-state index is 0.168. The summed E-state index contributed by atoms with van der Waals surface area (Å²) in [5, 5.41) is 2.79. The molecule has 152 valence electrons. The fourth-order valence-corrected chi connectivity index (χ4v) is 3.27. The van der Waals surface area contributed by atoms with Gasteiger partial charge in [0.1, 0.15) is 0 Å². The minimum Gasteiger partial charge on any atom is -0.452 e. The molecule has 6 nitrogen and oxygen atoms in total. The lowest BCUT2D eigenvalue weighted by Crippen LogP contribution is -2.31. The molecule has 2 aromatic carbocycles. The van der Waals surface area contributed by atoms with E-state index < -0.39 is 5.97 Å². The number of benzene rings is 2. The van der Waals surface area contributed by atoms with Crippen molar-refractivity contribution in [2.75, 3.05) is 19.7 Å². The first-order valence-electron chi connectivity index (χ1n) is 9.88. The van der Waals surface area contributed by atoms with E-state index in [-0.39, 0.29) is 24.3 Å². The van der Waals surface area contributed by atoms with E-state index in [1.807, 2.05) is 54.3 Å². The lowest BCUT2D eigenvalue weighted by Gasteiger charge is -2.15. The summed E-state index contributed by atoms with van der Waals surface area (Å²) in [6.07, 6.45) is 1.51. The summed E-state index contributed by atoms with van der Waals surface area (Å²) < 4.78 is 5.10. The van der Waals surface area contributed by atoms with E-state index in [1.54, 1.807) is 12.1 Å². The van der Waals surface area contributed by atoms with Crippen LogP contribution in [0.5, 0.6) is 0 Å². The second-order valence-electron chi connectivity index (χ2n) is 7.31. The molecule has 1 saturated heterocycles. The van der Waals surface area contributed by atoms with Gasteiger partial charge in [0.15, 0.2) is 6.61 Å². The monoisotopic (exact) mass is 394 g/mol. The third-order valence-corrected chi connectivity index (χ3v) is 5.04. The van der Waals surface area contributed by atoms with Gasteiger partial charge in [0, 0.05) is 26.1 Å². The van der Waals surface area contributed by atoms with E-state index in [1.165, 1.54) is 0 Å². The first kappa shape index (κ1) is 20.6. The SMILES string of the molecule is C[C@H](CNC(=O)COC(=O)c1ccc(CN2CCCC2=O)cc1)c1ccccc1. The highest BCUT2D eigenvalue weighted by Gasteiger charge is 2.20. The largest absolute Gasteiger partial charge is 0.452 e. The van der Waals surface area contributed by atoms with Crippen molar-refractivity contribution in [1.82, 2.24) is 10.2 Å². The molecule has 3 rings (SSSR count). The Hall–Kier alpha value is -3.15. The van der Waals surface area contributed by atoms with Crippen molar-refractivity contribution in [2.45, 2.75) is 32.2 Å². The van der Waals surface area contributed by atoms with Crippen molar-refractivity contribution in [3.05, 3.63) is 71.3 Å². The second kappa shape index (κ2) is 9.87. The van der Waals surface area contributed by atoms with Crippen LogP contribution in [0.1, 0.15) is 47.2 Å². The molecule has 0 spiro atoms. The first-order valence-corrected chi connectivity index (χ1v) is 9.88. The van der Waals surface area contributed by atoms with Gasteiger partial charge in [-0.25, -0.2) is 4.79 Å². The fraction of sp³-hybridized carbons (Fsp3) is 0.348. The molecule has 1 atom stereocenters. The number of ether oxygens (including phenoxy) is 1. The number of rotatable bonds is 8. The second-order valence-corrected chi connectivity index (χ2v) is 7.31. The van der Waals surface area contributed by atoms with E-state index in [9.17, 15) is 14.4 Å². The summed E-state index contributed by atoms with van der Waals surface area (Å²) in [5.74, 6) is -0.530. The van der Waals surface area contributed by atoms with Crippen molar-refractivity contribution in [3.63, 3.8) is 0 Å². The van der Waals surface area contributed by atoms with Gasteiger partial charge in [-0.2, -0.15) is 0 Å². The Morgan fingerprint density at radius 3 is 2.48 bits per heavy atom. The van der Waals surface area contributed by atoms with E-state index in [4.69, 9.17) is 4.74 Å². The van der Waals surface area contributed by atoms with Gasteiger partial charge in [0.25, 0.3) is 5.91 Å². The first-order chi connectivity index (χ1) is 14.0. The molecule has 0 aromatic heterocycles. The van der Waals surface area contributed by atoms with E-state index in [0.717, 1.165) is 24.1 Å². The number of amides is 2. The molecule has 0 bridgehead atoms. The lowest BCUT2D eigenvalue weighted by molar-refractivity contribution is -0.128. The van der Waals surface area contributed by atoms with Crippen LogP contribution in [0.3, 0.4) is 0 Å². The summed E-state index contributed by atoms with van der Waals surface area (Å²) >= 11 is 0. The Kier molecular flexibility index (Phi) is 7.00. The maximum Gasteiger partial charge on any atom is 0.338 e. The van der Waals surface area contributed by atoms with Crippen LogP contribution in [-0.4, -0.2) is 42.4 Å². The molecule has 0 saturated carbocycles. The van der Waals surface area contributed by atoms with Crippen molar-refractivity contribution in [1.29, 1.82) is 0 Å². The van der Waals surface area contributed by atoms with Gasteiger partial charge in [0.05, 0.1) is 5.56 Å². The standard InChI is InChI=1S/C23H26N2O4/c1-17(19-6-3-2-4-7-19)14-24-21(26)16-29-23(28)20-11-9-18(10-12-20)15-25-13-5-8-22(25)27/h2-4,6-7,9-12,17H,5,8,13-16H2,1H3,(H,24,26)/t17-/m1/s1. The van der Waals surface area contributed by atoms with Crippen molar-refractivity contribution in [3.8, 4) is 0 Å². The van der Waals surface area contributed by atoms with Crippen LogP contribution in [0.4, 0.5) is 0 Å². The van der Waals surface area contributed by atoms with Crippen LogP contribution in [0.25, 0.3) is 0 Å². The van der Waals surface area contributed by atoms with Crippen LogP contribution in [-0.2, 0) is 20.9 Å². The molecule has 1 aliphatic heterocycles. The summed E-state index contributed by atoms with van der Waals surface area (Å²) in [5.41, 5.74) is 2.48. The van der Waals surface area contributed by atoms with Crippen molar-refractivity contribution < 1.29 is 19.1 Å². The molecular formula is C23H26N2O4. The van der Waals surface area contributed by atoms with Crippen LogP contribution >= 0.6 is 0 Å². The molecule has 1 N–H and O–H groups in total. The number of hydrogen-bond acceptors (Lipinski definition) is 4. The number of carbonyl (C=O) groups is 3. The van der Waals surface area contributed by atoms with Gasteiger partial charge in [-0.1, -0.05) is 49.4 Å². The fourth-order valence-electron chi connectivity index (χ4n) is 3.27. The summed E-state index contributed by atoms with van der Waals surface area (Å²) in [7, 11) is 0. The van der Waals surface area contributed by atoms with E-state index in [2.05, 4.69) is 5.32 Å². The molecule has 0 radical (unpaired) electrons. The smallest absolute Gasteiger partial charge is 0.338 e. The summed E-state index contributed by atoms with van der Waals surface area (Å²) in [4.78, 5) is 37.6. The van der Waals surface area contributed by atoms with Crippen LogP contribution in [0.2, 0.25) is 0 Å². The zero-order chi connectivity index (χ0) is 20.6. The van der Waals surface area contributed by atoms with Crippen LogP contribution in [0, 0.1) is 0 Å². The third-order valence-electron chi connectivity index (χ3n) is 5.04. The average Bonchev–Trinajstić information content (AvgIpc) is 3.15. The predicted molar refractivity (Wildman–Crippen MR) is 109 cm³/mol. The summed E-state index contributed by atoms with van der Waals surface area (Å²) in [6, 6.07) is 16.8. The highest BCUT2D eigenvalue weighted by atomic mass is 16.5. The lowest BCUT2D eigenvalue weighted by atomic mass is 10.0. The Labute approximate surface area is 170 Å². The van der Waals surface area contributed by atoms with Gasteiger partial charge >= 0.3 is 5.97 Å². The number of nitrogens with one attached hydrogen (secondary N) is 1. The Morgan fingerprint density at radius 1 is 1.10 bits per heavy atom. The van der Waals surface area contributed by atoms with Gasteiger partial charge in [-0.15, -0.1) is 0 Å². The highest BCUT2D eigenvalue weighted by molar-refractivity contribution is 5.91. The van der Waals surface area contributed by atoms with Crippen LogP contribution in [0.15, 0.2) is 54.6 Å². The molecule has 0 unspecified atom stereocenters. The Bertz CT molecular complexity index is 849. The van der Waals surface area contributed by atoms with Crippen LogP contribution < -0.4 is 5.32 Å². The van der Waals surface area contributed by atoms with Gasteiger partial charge in [0.2, 0.25) is 5.91 Å². The number of hydrogen-bond donors (Lipinski definition) is 1. The van der Waals surface area contributed by atoms with Crippen molar-refractivity contribution in [2.24, 2.45) is 0 Å². The normalized spacial score (nSPS) is 14.5. The Balaban J connectivity index is 1.41. The molecule has 2 aromatic rings. The Morgan fingerprint density at radius 2 is 1.83 bits per heavy atom. The molecule has 1 fully saturated rings. The quantitative estimate of drug-likeness (QED) is 0.699. The number of esters is 1. The minimum atomic E-state index is -0.542. The summed E-state index contributed by atoms with van der Waals surface area (Å²) in [6.45, 7) is 3.52. The number of nitrogens with zero attached hydrogens (tertiary/aromatic N) is 1. The number of carbonyl (C=O) groups excluding carboxylic acids is 3. The molecular weight excluding hydrogens is 368 g/mol. The highest BCUT2D eigenvalue weighted by Crippen LogP contribution is 2.15. The molecule has 1 aliphatic rings. The van der Waals surface area contributed by atoms with Gasteiger partial charge in [-0.05, 0) is 35.6 Å². The van der Waals surface area contributed by atoms with Gasteiger partial charge in [-0.3, -0.25) is 9.59 Å². The predicted octanol–water partition coefficient (Wildman–Crippen LogP) is 2.89.